The average molecular weight is 399 g/mol. The van der Waals surface area contributed by atoms with Crippen LogP contribution in [0.4, 0.5) is 0 Å². The van der Waals surface area contributed by atoms with E-state index in [0.717, 1.165) is 16.0 Å². The van der Waals surface area contributed by atoms with Crippen LogP contribution in [-0.2, 0) is 16.7 Å². The van der Waals surface area contributed by atoms with E-state index in [2.05, 4.69) is 25.8 Å². The van der Waals surface area contributed by atoms with Gasteiger partial charge in [-0.05, 0) is 35.2 Å². The van der Waals surface area contributed by atoms with Gasteiger partial charge in [0.2, 0.25) is 0 Å². The molecule has 3 rings (SSSR count). The number of hydrogen-bond donors (Lipinski definition) is 0. The Kier molecular flexibility index (Phi) is 6.01. The largest absolute Gasteiger partial charge is 0.495 e. The van der Waals surface area contributed by atoms with Gasteiger partial charge in [-0.15, -0.1) is 0 Å². The summed E-state index contributed by atoms with van der Waals surface area (Å²) >= 11 is 1.47. The van der Waals surface area contributed by atoms with Crippen molar-refractivity contribution in [1.82, 2.24) is 4.57 Å². The van der Waals surface area contributed by atoms with E-state index in [1.807, 2.05) is 47.0 Å². The number of para-hydroxylation sites is 1. The number of aromatic nitrogens is 1. The number of thiazole rings is 1. The van der Waals surface area contributed by atoms with Crippen molar-refractivity contribution >= 4 is 27.5 Å². The van der Waals surface area contributed by atoms with Gasteiger partial charge < -0.3 is 14.0 Å². The zero-order valence-electron chi connectivity index (χ0n) is 17.0. The molecule has 1 aromatic heterocycles. The number of hydrogen-bond acceptors (Lipinski definition) is 4. The molecular formula is C22H26N2O3S. The number of carbonyl (C=O) groups is 1. The molecule has 2 aromatic carbocycles. The Bertz CT molecular complexity index is 1040. The highest BCUT2D eigenvalue weighted by Gasteiger charge is 2.15. The second-order valence-electron chi connectivity index (χ2n) is 7.58. The van der Waals surface area contributed by atoms with Crippen molar-refractivity contribution in [2.24, 2.45) is 4.99 Å². The Morgan fingerprint density at radius 1 is 1.11 bits per heavy atom. The molecule has 0 bridgehead atoms. The van der Waals surface area contributed by atoms with E-state index in [9.17, 15) is 4.79 Å². The summed E-state index contributed by atoms with van der Waals surface area (Å²) in [5.74, 6) is 0.505. The standard InChI is InChI=1S/C22H26N2O3S/c1-22(2,3)16-11-9-15(10-12-16)20(25)23-21-24(13-14-26-4)19-17(27-5)7-6-8-18(19)28-21/h6-12H,13-14H2,1-5H3. The number of ether oxygens (including phenoxy) is 2. The predicted octanol–water partition coefficient (Wildman–Crippen LogP) is 4.40. The maximum atomic E-state index is 12.8. The first-order valence-electron chi connectivity index (χ1n) is 9.20. The van der Waals surface area contributed by atoms with Gasteiger partial charge in [0.25, 0.3) is 5.91 Å². The molecule has 1 heterocycles. The molecule has 0 N–H and O–H groups in total. The lowest BCUT2D eigenvalue weighted by atomic mass is 9.87. The minimum atomic E-state index is -0.253. The van der Waals surface area contributed by atoms with Gasteiger partial charge in [-0.2, -0.15) is 4.99 Å². The first-order valence-corrected chi connectivity index (χ1v) is 10.0. The Hall–Kier alpha value is -2.44. The third-order valence-corrected chi connectivity index (χ3v) is 5.64. The fourth-order valence-corrected chi connectivity index (χ4v) is 4.07. The topological polar surface area (TPSA) is 52.8 Å². The SMILES string of the molecule is COCCn1c(=NC(=O)c2ccc(C(C)(C)C)cc2)sc2cccc(OC)c21. The lowest BCUT2D eigenvalue weighted by Gasteiger charge is -2.18. The van der Waals surface area contributed by atoms with Crippen molar-refractivity contribution in [1.29, 1.82) is 0 Å². The fraction of sp³-hybridized carbons (Fsp3) is 0.364. The highest BCUT2D eigenvalue weighted by molar-refractivity contribution is 7.16. The molecule has 0 saturated carbocycles. The van der Waals surface area contributed by atoms with E-state index in [0.29, 0.717) is 23.5 Å². The summed E-state index contributed by atoms with van der Waals surface area (Å²) in [5, 5.41) is 0. The molecule has 0 spiro atoms. The molecular weight excluding hydrogens is 372 g/mol. The molecule has 148 valence electrons. The summed E-state index contributed by atoms with van der Waals surface area (Å²) in [4.78, 5) is 17.9. The Morgan fingerprint density at radius 3 is 2.43 bits per heavy atom. The predicted molar refractivity (Wildman–Crippen MR) is 113 cm³/mol. The fourth-order valence-electron chi connectivity index (χ4n) is 3.00. The summed E-state index contributed by atoms with van der Waals surface area (Å²) in [6.45, 7) is 7.56. The molecule has 0 saturated heterocycles. The van der Waals surface area contributed by atoms with Crippen molar-refractivity contribution in [2.45, 2.75) is 32.7 Å². The number of methoxy groups -OCH3 is 2. The minimum Gasteiger partial charge on any atom is -0.495 e. The molecule has 0 unspecified atom stereocenters. The Labute approximate surface area is 169 Å². The van der Waals surface area contributed by atoms with Gasteiger partial charge in [0.1, 0.15) is 11.3 Å². The van der Waals surface area contributed by atoms with Crippen LogP contribution < -0.4 is 9.54 Å². The third kappa shape index (κ3) is 4.18. The Morgan fingerprint density at radius 2 is 1.82 bits per heavy atom. The molecule has 5 nitrogen and oxygen atoms in total. The molecule has 0 radical (unpaired) electrons. The first-order chi connectivity index (χ1) is 13.3. The number of amides is 1. The van der Waals surface area contributed by atoms with Gasteiger partial charge in [0, 0.05) is 19.2 Å². The van der Waals surface area contributed by atoms with Crippen LogP contribution in [0.25, 0.3) is 10.2 Å². The molecule has 28 heavy (non-hydrogen) atoms. The normalized spacial score (nSPS) is 12.5. The molecule has 0 aliphatic rings. The van der Waals surface area contributed by atoms with Crippen molar-refractivity contribution in [3.05, 3.63) is 58.4 Å². The summed E-state index contributed by atoms with van der Waals surface area (Å²) < 4.78 is 13.8. The van der Waals surface area contributed by atoms with E-state index in [-0.39, 0.29) is 11.3 Å². The van der Waals surface area contributed by atoms with E-state index in [1.165, 1.54) is 16.9 Å². The van der Waals surface area contributed by atoms with Crippen LogP contribution in [0.3, 0.4) is 0 Å². The van der Waals surface area contributed by atoms with E-state index < -0.39 is 0 Å². The van der Waals surface area contributed by atoms with Crippen molar-refractivity contribution in [2.75, 3.05) is 20.8 Å². The Balaban J connectivity index is 2.06. The van der Waals surface area contributed by atoms with Crippen LogP contribution in [-0.4, -0.2) is 31.3 Å². The molecule has 6 heteroatoms. The van der Waals surface area contributed by atoms with Gasteiger partial charge in [0.15, 0.2) is 4.80 Å². The van der Waals surface area contributed by atoms with Gasteiger partial charge in [-0.1, -0.05) is 50.3 Å². The van der Waals surface area contributed by atoms with Crippen molar-refractivity contribution < 1.29 is 14.3 Å². The summed E-state index contributed by atoms with van der Waals surface area (Å²) in [5.41, 5.74) is 2.74. The van der Waals surface area contributed by atoms with Crippen molar-refractivity contribution in [3.8, 4) is 5.75 Å². The third-order valence-electron chi connectivity index (χ3n) is 4.60. The summed E-state index contributed by atoms with van der Waals surface area (Å²) in [6, 6.07) is 13.5. The second kappa shape index (κ2) is 8.29. The smallest absolute Gasteiger partial charge is 0.279 e. The molecule has 1 amide bonds. The maximum Gasteiger partial charge on any atom is 0.279 e. The van der Waals surface area contributed by atoms with Crippen LogP contribution >= 0.6 is 11.3 Å². The van der Waals surface area contributed by atoms with Crippen LogP contribution in [0.2, 0.25) is 0 Å². The number of carbonyl (C=O) groups excluding carboxylic acids is 1. The van der Waals surface area contributed by atoms with Gasteiger partial charge in [0.05, 0.1) is 18.4 Å². The maximum absolute atomic E-state index is 12.8. The monoisotopic (exact) mass is 398 g/mol. The molecule has 0 aliphatic heterocycles. The van der Waals surface area contributed by atoms with Crippen molar-refractivity contribution in [3.63, 3.8) is 0 Å². The van der Waals surface area contributed by atoms with Gasteiger partial charge in [-0.25, -0.2) is 0 Å². The molecule has 0 fully saturated rings. The van der Waals surface area contributed by atoms with Gasteiger partial charge in [-0.3, -0.25) is 4.79 Å². The minimum absolute atomic E-state index is 0.0456. The van der Waals surface area contributed by atoms with Gasteiger partial charge >= 0.3 is 0 Å². The van der Waals surface area contributed by atoms with E-state index in [1.54, 1.807) is 14.2 Å². The molecule has 0 aliphatic carbocycles. The highest BCUT2D eigenvalue weighted by Crippen LogP contribution is 2.27. The number of fused-ring (bicyclic) bond motifs is 1. The van der Waals surface area contributed by atoms with Crippen LogP contribution in [0.1, 0.15) is 36.7 Å². The lowest BCUT2D eigenvalue weighted by Crippen LogP contribution is -2.19. The van der Waals surface area contributed by atoms with Crippen LogP contribution in [0, 0.1) is 0 Å². The van der Waals surface area contributed by atoms with E-state index >= 15 is 0 Å². The number of rotatable bonds is 5. The first kappa shape index (κ1) is 20.3. The quantitative estimate of drug-likeness (QED) is 0.640. The molecule has 3 aromatic rings. The van der Waals surface area contributed by atoms with E-state index in [4.69, 9.17) is 9.47 Å². The summed E-state index contributed by atoms with van der Waals surface area (Å²) in [6.07, 6.45) is 0. The number of benzene rings is 2. The second-order valence-corrected chi connectivity index (χ2v) is 8.59. The lowest BCUT2D eigenvalue weighted by molar-refractivity contribution is 0.0997. The number of nitrogens with zero attached hydrogens (tertiary/aromatic N) is 2. The summed E-state index contributed by atoms with van der Waals surface area (Å²) in [7, 11) is 3.30. The molecule has 0 atom stereocenters. The zero-order chi connectivity index (χ0) is 20.3. The van der Waals surface area contributed by atoms with Crippen LogP contribution in [0.15, 0.2) is 47.5 Å². The average Bonchev–Trinajstić information content (AvgIpc) is 3.02. The highest BCUT2D eigenvalue weighted by atomic mass is 32.1. The zero-order valence-corrected chi connectivity index (χ0v) is 17.8. The van der Waals surface area contributed by atoms with Crippen LogP contribution in [0.5, 0.6) is 5.75 Å².